The number of rotatable bonds is 1. The van der Waals surface area contributed by atoms with Crippen LogP contribution in [-0.2, 0) is 12.8 Å². The Morgan fingerprint density at radius 3 is 3.00 bits per heavy atom. The van der Waals surface area contributed by atoms with Crippen LogP contribution in [-0.4, -0.2) is 14.4 Å². The zero-order chi connectivity index (χ0) is 12.1. The molecule has 4 rings (SSSR count). The summed E-state index contributed by atoms with van der Waals surface area (Å²) >= 11 is 1.76. The van der Waals surface area contributed by atoms with Gasteiger partial charge >= 0.3 is 0 Å². The van der Waals surface area contributed by atoms with Crippen molar-refractivity contribution in [3.8, 4) is 11.4 Å². The van der Waals surface area contributed by atoms with Crippen molar-refractivity contribution < 1.29 is 4.39 Å². The highest BCUT2D eigenvalue weighted by molar-refractivity contribution is 7.17. The van der Waals surface area contributed by atoms with Crippen molar-refractivity contribution in [1.82, 2.24) is 14.4 Å². The Hall–Kier alpha value is -1.75. The van der Waals surface area contributed by atoms with Crippen molar-refractivity contribution in [3.63, 3.8) is 0 Å². The molecule has 3 aromatic heterocycles. The molecular formula is C13H10FN3S. The molecule has 5 heteroatoms. The Morgan fingerprint density at radius 1 is 1.22 bits per heavy atom. The van der Waals surface area contributed by atoms with E-state index in [0.29, 0.717) is 0 Å². The van der Waals surface area contributed by atoms with E-state index in [9.17, 15) is 4.39 Å². The van der Waals surface area contributed by atoms with Gasteiger partial charge in [-0.25, -0.2) is 9.37 Å². The second kappa shape index (κ2) is 3.62. The van der Waals surface area contributed by atoms with E-state index in [1.807, 2.05) is 6.20 Å². The van der Waals surface area contributed by atoms with Gasteiger partial charge in [0.1, 0.15) is 11.5 Å². The van der Waals surface area contributed by atoms with Crippen molar-refractivity contribution in [2.75, 3.05) is 0 Å². The van der Waals surface area contributed by atoms with Gasteiger partial charge in [-0.05, 0) is 31.4 Å². The molecule has 0 bridgehead atoms. The molecular weight excluding hydrogens is 249 g/mol. The van der Waals surface area contributed by atoms with Crippen LogP contribution >= 0.6 is 11.3 Å². The number of hydrogen-bond acceptors (Lipinski definition) is 3. The quantitative estimate of drug-likeness (QED) is 0.672. The van der Waals surface area contributed by atoms with Gasteiger partial charge in [-0.3, -0.25) is 9.38 Å². The van der Waals surface area contributed by atoms with E-state index in [1.54, 1.807) is 17.4 Å². The molecule has 0 unspecified atom stereocenters. The Balaban J connectivity index is 1.86. The van der Waals surface area contributed by atoms with Crippen LogP contribution in [0.1, 0.15) is 17.0 Å². The van der Waals surface area contributed by atoms with Crippen LogP contribution in [0.15, 0.2) is 24.5 Å². The molecule has 0 atom stereocenters. The molecule has 0 spiro atoms. The minimum atomic E-state index is -0.319. The SMILES string of the molecule is Fc1ccc(-c2cn3c4c(sc3n2)CCC4)nc1. The summed E-state index contributed by atoms with van der Waals surface area (Å²) in [5.41, 5.74) is 2.92. The number of fused-ring (bicyclic) bond motifs is 3. The first-order valence-corrected chi connectivity index (χ1v) is 6.74. The summed E-state index contributed by atoms with van der Waals surface area (Å²) in [7, 11) is 0. The number of nitrogens with zero attached hydrogens (tertiary/aromatic N) is 3. The summed E-state index contributed by atoms with van der Waals surface area (Å²) in [5, 5.41) is 0. The maximum absolute atomic E-state index is 12.8. The first-order chi connectivity index (χ1) is 8.81. The van der Waals surface area contributed by atoms with Crippen molar-refractivity contribution in [3.05, 3.63) is 40.9 Å². The molecule has 18 heavy (non-hydrogen) atoms. The summed E-state index contributed by atoms with van der Waals surface area (Å²) in [6.45, 7) is 0. The first-order valence-electron chi connectivity index (χ1n) is 5.93. The van der Waals surface area contributed by atoms with Gasteiger partial charge in [-0.2, -0.15) is 0 Å². The fraction of sp³-hybridized carbons (Fsp3) is 0.231. The molecule has 3 nitrogen and oxygen atoms in total. The lowest BCUT2D eigenvalue weighted by Crippen LogP contribution is -1.86. The molecule has 0 amide bonds. The second-order valence-electron chi connectivity index (χ2n) is 4.47. The van der Waals surface area contributed by atoms with E-state index in [0.717, 1.165) is 22.8 Å². The number of thiazole rings is 1. The standard InChI is InChI=1S/C13H10FN3S/c14-8-4-5-9(15-6-8)10-7-17-11-2-1-3-12(11)18-13(17)16-10/h4-7H,1-3H2. The van der Waals surface area contributed by atoms with Crippen LogP contribution in [0.5, 0.6) is 0 Å². The summed E-state index contributed by atoms with van der Waals surface area (Å²) in [6.07, 6.45) is 6.78. The zero-order valence-corrected chi connectivity index (χ0v) is 10.4. The van der Waals surface area contributed by atoms with Gasteiger partial charge in [-0.1, -0.05) is 0 Å². The topological polar surface area (TPSA) is 30.2 Å². The predicted octanol–water partition coefficient (Wildman–Crippen LogP) is 3.09. The average molecular weight is 259 g/mol. The Bertz CT molecular complexity index is 727. The Labute approximate surface area is 107 Å². The summed E-state index contributed by atoms with van der Waals surface area (Å²) in [5.74, 6) is -0.319. The van der Waals surface area contributed by atoms with Gasteiger partial charge in [-0.15, -0.1) is 11.3 Å². The minimum absolute atomic E-state index is 0.319. The van der Waals surface area contributed by atoms with E-state index in [-0.39, 0.29) is 5.82 Å². The van der Waals surface area contributed by atoms with Crippen LogP contribution in [0.4, 0.5) is 4.39 Å². The zero-order valence-electron chi connectivity index (χ0n) is 9.56. The van der Waals surface area contributed by atoms with Crippen LogP contribution in [0.25, 0.3) is 16.3 Å². The predicted molar refractivity (Wildman–Crippen MR) is 68.3 cm³/mol. The molecule has 3 aromatic rings. The van der Waals surface area contributed by atoms with E-state index in [1.165, 1.54) is 35.7 Å². The minimum Gasteiger partial charge on any atom is -0.294 e. The van der Waals surface area contributed by atoms with Crippen LogP contribution in [0.3, 0.4) is 0 Å². The average Bonchev–Trinajstić information content (AvgIpc) is 3.00. The highest BCUT2D eigenvalue weighted by Gasteiger charge is 2.19. The lowest BCUT2D eigenvalue weighted by atomic mass is 10.3. The molecule has 0 saturated heterocycles. The molecule has 0 saturated carbocycles. The maximum Gasteiger partial charge on any atom is 0.194 e. The van der Waals surface area contributed by atoms with Crippen molar-refractivity contribution in [2.45, 2.75) is 19.3 Å². The van der Waals surface area contributed by atoms with E-state index in [2.05, 4.69) is 14.4 Å². The number of imidazole rings is 1. The van der Waals surface area contributed by atoms with Crippen LogP contribution < -0.4 is 0 Å². The third-order valence-corrected chi connectivity index (χ3v) is 4.46. The monoisotopic (exact) mass is 259 g/mol. The Kier molecular flexibility index (Phi) is 2.05. The number of halogens is 1. The van der Waals surface area contributed by atoms with Gasteiger partial charge in [0.2, 0.25) is 0 Å². The largest absolute Gasteiger partial charge is 0.294 e. The normalized spacial score (nSPS) is 14.3. The number of aromatic nitrogens is 3. The van der Waals surface area contributed by atoms with Crippen molar-refractivity contribution in [1.29, 1.82) is 0 Å². The molecule has 0 N–H and O–H groups in total. The van der Waals surface area contributed by atoms with Gasteiger partial charge < -0.3 is 0 Å². The molecule has 90 valence electrons. The maximum atomic E-state index is 12.8. The van der Waals surface area contributed by atoms with E-state index >= 15 is 0 Å². The smallest absolute Gasteiger partial charge is 0.194 e. The fourth-order valence-corrected chi connectivity index (χ4v) is 3.64. The van der Waals surface area contributed by atoms with Crippen LogP contribution in [0, 0.1) is 5.82 Å². The van der Waals surface area contributed by atoms with Crippen molar-refractivity contribution >= 4 is 16.3 Å². The molecule has 0 fully saturated rings. The molecule has 0 radical (unpaired) electrons. The summed E-state index contributed by atoms with van der Waals surface area (Å²) in [4.78, 5) is 11.1. The molecule has 1 aliphatic carbocycles. The van der Waals surface area contributed by atoms with Gasteiger partial charge in [0, 0.05) is 16.8 Å². The molecule has 3 heterocycles. The third-order valence-electron chi connectivity index (χ3n) is 3.31. The number of hydrogen-bond donors (Lipinski definition) is 0. The highest BCUT2D eigenvalue weighted by atomic mass is 32.1. The highest BCUT2D eigenvalue weighted by Crippen LogP contribution is 2.32. The van der Waals surface area contributed by atoms with Crippen LogP contribution in [0.2, 0.25) is 0 Å². The lowest BCUT2D eigenvalue weighted by molar-refractivity contribution is 0.622. The molecule has 1 aliphatic rings. The summed E-state index contributed by atoms with van der Waals surface area (Å²) in [6, 6.07) is 3.09. The first kappa shape index (κ1) is 10.2. The van der Waals surface area contributed by atoms with Gasteiger partial charge in [0.15, 0.2) is 4.96 Å². The Morgan fingerprint density at radius 2 is 2.17 bits per heavy atom. The number of pyridine rings is 1. The van der Waals surface area contributed by atoms with Crippen molar-refractivity contribution in [2.24, 2.45) is 0 Å². The fourth-order valence-electron chi connectivity index (χ4n) is 2.45. The number of aryl methyl sites for hydroxylation is 2. The lowest BCUT2D eigenvalue weighted by Gasteiger charge is -1.94. The van der Waals surface area contributed by atoms with Gasteiger partial charge in [0.25, 0.3) is 0 Å². The van der Waals surface area contributed by atoms with E-state index in [4.69, 9.17) is 0 Å². The summed E-state index contributed by atoms with van der Waals surface area (Å²) < 4.78 is 15.0. The second-order valence-corrected chi connectivity index (χ2v) is 5.53. The molecule has 0 aromatic carbocycles. The third kappa shape index (κ3) is 1.40. The van der Waals surface area contributed by atoms with E-state index < -0.39 is 0 Å². The molecule has 0 aliphatic heterocycles. The van der Waals surface area contributed by atoms with Gasteiger partial charge in [0.05, 0.1) is 11.9 Å².